The lowest BCUT2D eigenvalue weighted by Gasteiger charge is -2.08. The molecule has 103 heavy (non-hydrogen) atoms. The fourth-order valence-electron chi connectivity index (χ4n) is 9.89. The van der Waals surface area contributed by atoms with Crippen LogP contribution in [0.1, 0.15) is 174 Å². The molecule has 0 aliphatic rings. The summed E-state index contributed by atoms with van der Waals surface area (Å²) in [6, 6.07) is 26.5. The van der Waals surface area contributed by atoms with Crippen LogP contribution in [0.15, 0.2) is 108 Å². The molecule has 5 aromatic heterocycles. The van der Waals surface area contributed by atoms with Crippen molar-refractivity contribution < 1.29 is 84.9 Å². The van der Waals surface area contributed by atoms with Gasteiger partial charge in [0.1, 0.15) is 51.7 Å². The maximum absolute atomic E-state index is 13.1. The molecule has 0 bridgehead atoms. The third kappa shape index (κ3) is 26.8. The van der Waals surface area contributed by atoms with Gasteiger partial charge in [-0.1, -0.05) is 56.0 Å². The number of hydrogen-bond donors (Lipinski definition) is 6. The van der Waals surface area contributed by atoms with Gasteiger partial charge in [-0.15, -0.1) is 23.2 Å². The van der Waals surface area contributed by atoms with Gasteiger partial charge in [0.15, 0.2) is 12.6 Å². The van der Waals surface area contributed by atoms with Gasteiger partial charge in [0, 0.05) is 51.7 Å². The minimum absolute atomic E-state index is 0. The highest BCUT2D eigenvalue weighted by atomic mass is 79.9. The summed E-state index contributed by atoms with van der Waals surface area (Å²) in [6.07, 6.45) is 1.35. The van der Waals surface area contributed by atoms with Crippen molar-refractivity contribution in [1.29, 1.82) is 5.26 Å². The van der Waals surface area contributed by atoms with Crippen LogP contribution in [-0.2, 0) is 30.2 Å². The number of halogens is 7. The van der Waals surface area contributed by atoms with Crippen LogP contribution in [0, 0.1) is 90.0 Å². The van der Waals surface area contributed by atoms with Crippen LogP contribution in [0.25, 0.3) is 33.4 Å². The van der Waals surface area contributed by atoms with E-state index in [1.54, 1.807) is 95.5 Å². The number of aldehydes is 2. The average molecular weight is 1540 g/mol. The largest absolute Gasteiger partial charge is 0.488 e. The van der Waals surface area contributed by atoms with Crippen molar-refractivity contribution in [2.24, 2.45) is 0 Å². The summed E-state index contributed by atoms with van der Waals surface area (Å²) in [5.74, 6) is -3.28. The minimum atomic E-state index is -1.51. The number of carbonyl (C=O) groups excluding carboxylic acids is 7. The van der Waals surface area contributed by atoms with Gasteiger partial charge in [0.05, 0.1) is 55.8 Å². The smallest absolute Gasteiger partial charge is 0.461 e. The van der Waals surface area contributed by atoms with E-state index in [4.69, 9.17) is 62.2 Å². The number of nitrogens with one attached hydrogen (secondary N) is 4. The average Bonchev–Trinajstić information content (AvgIpc) is 1.63. The molecule has 0 saturated carbocycles. The van der Waals surface area contributed by atoms with Crippen molar-refractivity contribution >= 4 is 94.1 Å². The number of aromatic amines is 4. The van der Waals surface area contributed by atoms with Gasteiger partial charge in [-0.05, 0) is 217 Å². The number of nitriles is 1. The lowest BCUT2D eigenvalue weighted by atomic mass is 9.80. The fourth-order valence-corrected chi connectivity index (χ4v) is 10.2. The van der Waals surface area contributed by atoms with Crippen LogP contribution in [0.4, 0.5) is 17.6 Å². The number of hydrogen-bond acceptors (Lipinski definition) is 15. The van der Waals surface area contributed by atoms with Crippen molar-refractivity contribution in [3.8, 4) is 39.4 Å². The molecule has 0 fully saturated rings. The molecule has 9 rings (SSSR count). The molecule has 9 aromatic rings. The standard InChI is InChI=1S/C17H18FNO3.C15H14FNO3.C15H16FNO2.C9H12BrNO2.C9H13NO2.C6H6BFO2.C2H3N.CH2Cl2.CH4/c1-4-19-14(10-20)15(12-6-8-13(18)9-7-12)11(3)16(19)17(21)22-5-2;1-3-20-15(19)14-9(2)13(12(8-18)17-14)10-4-6-11(16)7-5-10;1-4-19-15(18)14-9(2)13(10(3)17-14)11-5-7-12(16)8-6-11;1-4-13-9(12)8-5(2)7(10)6(3)11-8;1-4-12-9(11)8-6(2)5-7(3)10-8;8-6-3-1-5(2-4-6)7(9)10;1-2-3;2-1-3;/h6-10H,4-5H2,1-3H3;4-8,17H,3H2,1-2H3;5-8,17H,4H2,1-3H3;11H,4H2,1-3H3;5,10H,4H2,1-3H3;1-4,9-10H;1H3;1H2;1H4. The molecule has 0 unspecified atom stereocenters. The number of aromatic nitrogens is 5. The number of H-pyrrole nitrogens is 4. The van der Waals surface area contributed by atoms with Crippen LogP contribution >= 0.6 is 39.1 Å². The van der Waals surface area contributed by atoms with Gasteiger partial charge in [-0.2, -0.15) is 5.26 Å². The lowest BCUT2D eigenvalue weighted by molar-refractivity contribution is 0.0504. The molecule has 20 nitrogen and oxygen atoms in total. The Balaban J connectivity index is 0.000000617. The number of rotatable bonds is 17. The summed E-state index contributed by atoms with van der Waals surface area (Å²) in [6.45, 7) is 29.0. The Hall–Kier alpha value is -9.78. The first-order chi connectivity index (χ1) is 48.4. The number of aryl methyl sites for hydroxylation is 4. The molecule has 0 amide bonds. The lowest BCUT2D eigenvalue weighted by Crippen LogP contribution is -2.29. The van der Waals surface area contributed by atoms with Gasteiger partial charge in [-0.25, -0.2) is 41.5 Å². The molecule has 0 spiro atoms. The number of alkyl halides is 2. The molecule has 6 N–H and O–H groups in total. The van der Waals surface area contributed by atoms with E-state index in [0.717, 1.165) is 55.7 Å². The molecule has 554 valence electrons. The second-order valence-corrected chi connectivity index (χ2v) is 22.8. The van der Waals surface area contributed by atoms with E-state index in [9.17, 15) is 51.1 Å². The zero-order valence-corrected chi connectivity index (χ0v) is 62.4. The van der Waals surface area contributed by atoms with Crippen molar-refractivity contribution in [2.75, 3.05) is 38.4 Å². The van der Waals surface area contributed by atoms with E-state index in [1.807, 2.05) is 54.5 Å². The molecule has 0 radical (unpaired) electrons. The first kappa shape index (κ1) is 91.2. The Morgan fingerprint density at radius 2 is 0.854 bits per heavy atom. The van der Waals surface area contributed by atoms with Crippen molar-refractivity contribution in [2.45, 2.75) is 118 Å². The summed E-state index contributed by atoms with van der Waals surface area (Å²) in [5, 5.41) is 24.6. The molecule has 5 heterocycles. The maximum Gasteiger partial charge on any atom is 0.488 e. The maximum atomic E-state index is 13.1. The number of benzene rings is 4. The minimum Gasteiger partial charge on any atom is -0.461 e. The van der Waals surface area contributed by atoms with Crippen molar-refractivity contribution in [3.05, 3.63) is 216 Å². The normalized spacial score (nSPS) is 9.82. The second kappa shape index (κ2) is 46.7. The van der Waals surface area contributed by atoms with Crippen LogP contribution in [0.5, 0.6) is 0 Å². The van der Waals surface area contributed by atoms with E-state index < -0.39 is 19.1 Å². The van der Waals surface area contributed by atoms with E-state index >= 15 is 0 Å². The highest BCUT2D eigenvalue weighted by Gasteiger charge is 2.27. The Morgan fingerprint density at radius 3 is 1.19 bits per heavy atom. The van der Waals surface area contributed by atoms with E-state index in [0.29, 0.717) is 100.0 Å². The molecule has 28 heteroatoms. The van der Waals surface area contributed by atoms with Crippen LogP contribution in [-0.4, -0.2) is 122 Å². The van der Waals surface area contributed by atoms with Crippen molar-refractivity contribution in [1.82, 2.24) is 24.5 Å². The highest BCUT2D eigenvalue weighted by Crippen LogP contribution is 2.34. The summed E-state index contributed by atoms with van der Waals surface area (Å²) < 4.78 is 78.6. The van der Waals surface area contributed by atoms with Gasteiger partial charge < -0.3 is 58.2 Å². The number of esters is 5. The van der Waals surface area contributed by atoms with Crippen LogP contribution in [0.3, 0.4) is 0 Å². The monoisotopic (exact) mass is 1530 g/mol. The molecule has 4 aromatic carbocycles. The van der Waals surface area contributed by atoms with E-state index in [1.165, 1.54) is 67.6 Å². The number of carbonyl (C=O) groups is 7. The SMILES string of the molecule is C.CC#N.CCOC(=O)c1[nH]c(C)c(-c2ccc(F)cc2)c1C.CCOC(=O)c1[nH]c(C)c(Br)c1C.CCOC(=O)c1[nH]c(C)cc1C.CCOC(=O)c1[nH]c(C=O)c(-c2ccc(F)cc2)c1C.CCOC(=O)c1c(C)c(-c2ccc(F)cc2)c(C=O)n1CC.ClCCl.OB(O)c1ccc(F)cc1. The molecule has 0 aliphatic heterocycles. The van der Waals surface area contributed by atoms with Crippen LogP contribution < -0.4 is 5.46 Å². The third-order valence-electron chi connectivity index (χ3n) is 14.3. The quantitative estimate of drug-likeness (QED) is 0.0123. The first-order valence-electron chi connectivity index (χ1n) is 31.7. The van der Waals surface area contributed by atoms with Crippen LogP contribution in [0.2, 0.25) is 0 Å². The third-order valence-corrected chi connectivity index (χ3v) is 15.4. The Labute approximate surface area is 616 Å². The Morgan fingerprint density at radius 1 is 0.515 bits per heavy atom. The summed E-state index contributed by atoms with van der Waals surface area (Å²) >= 11 is 12.9. The second-order valence-electron chi connectivity index (χ2n) is 21.2. The van der Waals surface area contributed by atoms with Gasteiger partial charge >= 0.3 is 37.0 Å². The first-order valence-corrected chi connectivity index (χ1v) is 33.5. The van der Waals surface area contributed by atoms with Crippen molar-refractivity contribution in [3.63, 3.8) is 0 Å². The molecular formula is C75H88BBrCl2F4N6O14. The highest BCUT2D eigenvalue weighted by molar-refractivity contribution is 9.10. The number of nitrogens with zero attached hydrogens (tertiary/aromatic N) is 2. The topological polar surface area (TPSA) is 298 Å². The molecule has 0 saturated heterocycles. The molecule has 0 atom stereocenters. The fraction of sp³-hybridized carbons (Fsp3) is 0.307. The van der Waals surface area contributed by atoms with Gasteiger partial charge in [-0.3, -0.25) is 9.59 Å². The number of ether oxygens (including phenoxy) is 5. The zero-order valence-electron chi connectivity index (χ0n) is 59.3. The molecule has 0 aliphatic carbocycles. The van der Waals surface area contributed by atoms with E-state index in [2.05, 4.69) is 35.9 Å². The zero-order chi connectivity index (χ0) is 77.1. The van der Waals surface area contributed by atoms with Gasteiger partial charge in [0.25, 0.3) is 0 Å². The summed E-state index contributed by atoms with van der Waals surface area (Å²) in [5.41, 5.74) is 14.2. The Bertz CT molecular complexity index is 4240. The summed E-state index contributed by atoms with van der Waals surface area (Å²) in [7, 11) is -1.51. The predicted octanol–water partition coefficient (Wildman–Crippen LogP) is 16.8. The predicted molar refractivity (Wildman–Crippen MR) is 396 cm³/mol. The Kier molecular flexibility index (Phi) is 41.3. The van der Waals surface area contributed by atoms with Gasteiger partial charge in [0.2, 0.25) is 0 Å². The van der Waals surface area contributed by atoms with E-state index in [-0.39, 0.29) is 78.5 Å². The molecular weight excluding hydrogens is 1450 g/mol. The summed E-state index contributed by atoms with van der Waals surface area (Å²) in [4.78, 5) is 92.8.